The largest absolute Gasteiger partial charge is 0.744 e. The number of rotatable bonds is 3. The third-order valence-electron chi connectivity index (χ3n) is 2.33. The summed E-state index contributed by atoms with van der Waals surface area (Å²) < 4.78 is 38.1. The van der Waals surface area contributed by atoms with Crippen molar-refractivity contribution in [2.24, 2.45) is 0 Å². The fourth-order valence-electron chi connectivity index (χ4n) is 1.46. The summed E-state index contributed by atoms with van der Waals surface area (Å²) in [6, 6.07) is 5.75. The fourth-order valence-corrected chi connectivity index (χ4v) is 1.98. The average molecular weight is 253 g/mol. The van der Waals surface area contributed by atoms with Crippen LogP contribution in [0.4, 0.5) is 0 Å². The van der Waals surface area contributed by atoms with E-state index in [0.29, 0.717) is 23.6 Å². The van der Waals surface area contributed by atoms with Gasteiger partial charge in [0, 0.05) is 0 Å². The molecule has 0 bridgehead atoms. The van der Waals surface area contributed by atoms with E-state index in [4.69, 9.17) is 4.42 Å². The zero-order valence-corrected chi connectivity index (χ0v) is 9.95. The molecule has 0 saturated carbocycles. The maximum atomic E-state index is 10.9. The molecule has 0 aliphatic heterocycles. The van der Waals surface area contributed by atoms with Crippen molar-refractivity contribution < 1.29 is 17.4 Å². The highest BCUT2D eigenvalue weighted by Gasteiger charge is 2.14. The van der Waals surface area contributed by atoms with Crippen LogP contribution in [0, 0.1) is 0 Å². The summed E-state index contributed by atoms with van der Waals surface area (Å²) in [4.78, 5) is 2.66. The van der Waals surface area contributed by atoms with Crippen molar-refractivity contribution in [1.82, 2.24) is 4.98 Å². The lowest BCUT2D eigenvalue weighted by atomic mass is 10.2. The number of hydrogen-bond acceptors (Lipinski definition) is 4. The van der Waals surface area contributed by atoms with E-state index in [1.54, 1.807) is 12.3 Å². The van der Waals surface area contributed by atoms with Gasteiger partial charge in [0.1, 0.15) is 10.1 Å². The lowest BCUT2D eigenvalue weighted by Gasteiger charge is -2.05. The van der Waals surface area contributed by atoms with E-state index in [0.717, 1.165) is 0 Å². The molecule has 0 saturated heterocycles. The molecule has 0 aliphatic rings. The van der Waals surface area contributed by atoms with E-state index >= 15 is 0 Å². The van der Waals surface area contributed by atoms with Crippen LogP contribution in [0.15, 0.2) is 39.8 Å². The number of aromatic nitrogens is 1. The number of aryl methyl sites for hydroxylation is 1. The summed E-state index contributed by atoms with van der Waals surface area (Å²) >= 11 is 0. The van der Waals surface area contributed by atoms with Gasteiger partial charge in [-0.3, -0.25) is 0 Å². The molecule has 17 heavy (non-hydrogen) atoms. The Labute approximate surface area is 98.9 Å². The van der Waals surface area contributed by atoms with Crippen LogP contribution < -0.4 is 0 Å². The van der Waals surface area contributed by atoms with Crippen LogP contribution >= 0.6 is 0 Å². The first-order valence-corrected chi connectivity index (χ1v) is 6.48. The molecule has 1 aromatic carbocycles. The molecule has 0 amide bonds. The third-order valence-corrected chi connectivity index (χ3v) is 3.16. The molecule has 1 aromatic heterocycles. The minimum Gasteiger partial charge on any atom is -0.744 e. The highest BCUT2D eigenvalue weighted by atomic mass is 32.2. The molecule has 1 N–H and O–H groups in total. The van der Waals surface area contributed by atoms with E-state index < -0.39 is 10.1 Å². The average Bonchev–Trinajstić information content (AvgIpc) is 2.76. The van der Waals surface area contributed by atoms with E-state index in [9.17, 15) is 13.0 Å². The lowest BCUT2D eigenvalue weighted by Crippen LogP contribution is -1.98. The fraction of sp³-hybridized carbons (Fsp3) is 0.182. The number of benzene rings is 1. The first-order valence-electron chi connectivity index (χ1n) is 5.07. The van der Waals surface area contributed by atoms with Gasteiger partial charge in [0.2, 0.25) is 0 Å². The van der Waals surface area contributed by atoms with Gasteiger partial charge in [0.25, 0.3) is 5.89 Å². The van der Waals surface area contributed by atoms with Crippen molar-refractivity contribution in [2.75, 3.05) is 0 Å². The van der Waals surface area contributed by atoms with Crippen LogP contribution in [-0.2, 0) is 16.5 Å². The van der Waals surface area contributed by atoms with Crippen LogP contribution in [0.5, 0.6) is 0 Å². The molecule has 0 spiro atoms. The van der Waals surface area contributed by atoms with Crippen LogP contribution in [0.2, 0.25) is 0 Å². The van der Waals surface area contributed by atoms with E-state index in [-0.39, 0.29) is 4.90 Å². The molecule has 2 rings (SSSR count). The summed E-state index contributed by atoms with van der Waals surface area (Å²) in [6.45, 7) is 1.93. The molecule has 0 fully saturated rings. The van der Waals surface area contributed by atoms with Gasteiger partial charge in [-0.1, -0.05) is 6.07 Å². The smallest absolute Gasteiger partial charge is 0.304 e. The van der Waals surface area contributed by atoms with Gasteiger partial charge in [-0.2, -0.15) is 0 Å². The molecule has 2 aromatic rings. The highest BCUT2D eigenvalue weighted by molar-refractivity contribution is 7.85. The number of hydrogen-bond donors (Lipinski definition) is 1. The van der Waals surface area contributed by atoms with Crippen LogP contribution in [0.25, 0.3) is 11.3 Å². The van der Waals surface area contributed by atoms with Crippen molar-refractivity contribution in [3.05, 3.63) is 36.4 Å². The third kappa shape index (κ3) is 2.54. The predicted octanol–water partition coefficient (Wildman–Crippen LogP) is 2.02. The quantitative estimate of drug-likeness (QED) is 0.669. The summed E-state index contributed by atoms with van der Waals surface area (Å²) in [7, 11) is -4.43. The monoisotopic (exact) mass is 253 g/mol. The SMILES string of the molecule is CC[c+]1[nH]cc(-c2cccc(S(=O)(=O)[O-])c2)o1. The molecule has 0 aliphatic carbocycles. The Morgan fingerprint density at radius 2 is 2.24 bits per heavy atom. The minimum absolute atomic E-state index is 0.260. The Morgan fingerprint density at radius 1 is 1.47 bits per heavy atom. The van der Waals surface area contributed by atoms with E-state index in [1.165, 1.54) is 18.2 Å². The summed E-state index contributed by atoms with van der Waals surface area (Å²) in [5.41, 5.74) is 0.554. The summed E-state index contributed by atoms with van der Waals surface area (Å²) in [6.07, 6.45) is 2.34. The van der Waals surface area contributed by atoms with Crippen molar-refractivity contribution in [3.8, 4) is 11.3 Å². The number of H-pyrrole nitrogens is 1. The molecule has 1 heterocycles. The van der Waals surface area contributed by atoms with Crippen molar-refractivity contribution in [3.63, 3.8) is 0 Å². The first kappa shape index (κ1) is 11.8. The molecule has 0 atom stereocenters. The van der Waals surface area contributed by atoms with Crippen LogP contribution in [0.3, 0.4) is 0 Å². The van der Waals surface area contributed by atoms with Gasteiger partial charge >= 0.3 is 5.76 Å². The first-order chi connectivity index (χ1) is 8.00. The maximum absolute atomic E-state index is 10.9. The van der Waals surface area contributed by atoms with Crippen LogP contribution in [0.1, 0.15) is 12.8 Å². The number of aromatic amines is 1. The molecular formula is C11H11NO4S. The Morgan fingerprint density at radius 3 is 2.82 bits per heavy atom. The van der Waals surface area contributed by atoms with E-state index in [1.807, 2.05) is 6.92 Å². The molecule has 6 heteroatoms. The number of oxazole rings is 1. The molecule has 0 radical (unpaired) electrons. The number of nitrogens with one attached hydrogen (secondary N) is 1. The topological polar surface area (TPSA) is 86.1 Å². The summed E-state index contributed by atoms with van der Waals surface area (Å²) in [5.74, 6) is 1.20. The molecule has 0 unspecified atom stereocenters. The van der Waals surface area contributed by atoms with E-state index in [2.05, 4.69) is 4.98 Å². The standard InChI is InChI=1S/C11H11NO4S/c1-2-11-12-7-10(16-11)8-4-3-5-9(6-8)17(13,14)15/h3-7,12H,2H2,1H3. The minimum atomic E-state index is -4.43. The second kappa shape index (κ2) is 4.31. The second-order valence-corrected chi connectivity index (χ2v) is 4.89. The van der Waals surface area contributed by atoms with Gasteiger partial charge in [-0.15, -0.1) is 0 Å². The maximum Gasteiger partial charge on any atom is 0.304 e. The molecule has 5 nitrogen and oxygen atoms in total. The lowest BCUT2D eigenvalue weighted by molar-refractivity contribution is 0.463. The Kier molecular flexibility index (Phi) is 2.99. The van der Waals surface area contributed by atoms with Gasteiger partial charge in [0.15, 0.2) is 6.20 Å². The van der Waals surface area contributed by atoms with Crippen LogP contribution in [-0.4, -0.2) is 18.0 Å². The van der Waals surface area contributed by atoms with Gasteiger partial charge in [-0.25, -0.2) is 13.4 Å². The predicted molar refractivity (Wildman–Crippen MR) is 60.2 cm³/mol. The molecule has 90 valence electrons. The Bertz CT molecular complexity index is 630. The molecular weight excluding hydrogens is 242 g/mol. The normalized spacial score (nSPS) is 11.6. The van der Waals surface area contributed by atoms with Crippen molar-refractivity contribution in [2.45, 2.75) is 18.2 Å². The summed E-state index contributed by atoms with van der Waals surface area (Å²) in [5, 5.41) is 0. The van der Waals surface area contributed by atoms with Crippen molar-refractivity contribution in [1.29, 1.82) is 0 Å². The van der Waals surface area contributed by atoms with Gasteiger partial charge in [0.05, 0.1) is 16.9 Å². The zero-order chi connectivity index (χ0) is 12.5. The van der Waals surface area contributed by atoms with Gasteiger partial charge < -0.3 is 8.97 Å². The zero-order valence-electron chi connectivity index (χ0n) is 9.14. The Balaban J connectivity index is 2.46. The second-order valence-electron chi connectivity index (χ2n) is 3.51. The van der Waals surface area contributed by atoms with Gasteiger partial charge in [-0.05, 0) is 25.1 Å². The highest BCUT2D eigenvalue weighted by Crippen LogP contribution is 2.23. The Hall–Kier alpha value is -1.66. The van der Waals surface area contributed by atoms with Crippen molar-refractivity contribution >= 4 is 10.1 Å².